The lowest BCUT2D eigenvalue weighted by atomic mass is 9.88. The number of nitrogens with zero attached hydrogens (tertiary/aromatic N) is 1. The molecule has 0 bridgehead atoms. The van der Waals surface area contributed by atoms with E-state index in [1.807, 2.05) is 0 Å². The van der Waals surface area contributed by atoms with Crippen LogP contribution in [0, 0.1) is 5.82 Å². The van der Waals surface area contributed by atoms with Crippen molar-refractivity contribution in [1.82, 2.24) is 4.98 Å². The van der Waals surface area contributed by atoms with Gasteiger partial charge < -0.3 is 10.2 Å². The van der Waals surface area contributed by atoms with Crippen molar-refractivity contribution in [2.24, 2.45) is 0 Å². The molecule has 0 fully saturated rings. The Labute approximate surface area is 94.7 Å². The molecular weight excluding hydrogens is 239 g/mol. The number of hydrogen-bond donors (Lipinski definition) is 2. The van der Waals surface area contributed by atoms with Crippen molar-refractivity contribution in [3.63, 3.8) is 0 Å². The molecule has 0 saturated heterocycles. The number of hydrogen-bond acceptors (Lipinski definition) is 3. The van der Waals surface area contributed by atoms with E-state index in [2.05, 4.69) is 4.98 Å². The van der Waals surface area contributed by atoms with Crippen LogP contribution in [0.5, 0.6) is 0 Å². The van der Waals surface area contributed by atoms with Gasteiger partial charge in [0.1, 0.15) is 5.82 Å². The molecule has 0 amide bonds. The molecule has 0 aliphatic rings. The molecule has 0 aliphatic heterocycles. The number of pyridine rings is 1. The first-order valence-electron chi connectivity index (χ1n) is 4.71. The largest absolute Gasteiger partial charge is 0.477 e. The van der Waals surface area contributed by atoms with Gasteiger partial charge in [-0.2, -0.15) is 8.78 Å². The molecule has 0 aliphatic carbocycles. The van der Waals surface area contributed by atoms with Gasteiger partial charge in [0.2, 0.25) is 0 Å². The average molecular weight is 249 g/mol. The smallest absolute Gasteiger partial charge is 0.378 e. The summed E-state index contributed by atoms with van der Waals surface area (Å²) in [5.41, 5.74) is -3.55. The van der Waals surface area contributed by atoms with Gasteiger partial charge in [0.25, 0.3) is 0 Å². The molecule has 4 nitrogen and oxygen atoms in total. The molecule has 1 heterocycles. The minimum Gasteiger partial charge on any atom is -0.477 e. The van der Waals surface area contributed by atoms with E-state index < -0.39 is 35.4 Å². The number of rotatable bonds is 4. The molecule has 17 heavy (non-hydrogen) atoms. The molecule has 0 aromatic carbocycles. The van der Waals surface area contributed by atoms with Crippen molar-refractivity contribution < 1.29 is 28.2 Å². The molecular formula is C10H10F3NO3. The predicted octanol–water partition coefficient (Wildman–Crippen LogP) is 1.54. The summed E-state index contributed by atoms with van der Waals surface area (Å²) in [5.74, 6) is -7.65. The lowest BCUT2D eigenvalue weighted by Gasteiger charge is -2.31. The van der Waals surface area contributed by atoms with Crippen LogP contribution in [-0.4, -0.2) is 27.1 Å². The standard InChI is InChI=1S/C10H10F3NO3/c1-2-9(17,10(12,13)8(15)16)7-4-3-6(11)5-14-7/h3-5,17H,2H2,1H3,(H,15,16). The van der Waals surface area contributed by atoms with Crippen LogP contribution < -0.4 is 0 Å². The second-order valence-electron chi connectivity index (χ2n) is 3.46. The normalized spacial score (nSPS) is 15.4. The third-order valence-corrected chi connectivity index (χ3v) is 2.45. The van der Waals surface area contributed by atoms with Gasteiger partial charge in [0.15, 0.2) is 5.60 Å². The minimum atomic E-state index is -4.41. The molecule has 1 unspecified atom stereocenters. The summed E-state index contributed by atoms with van der Waals surface area (Å²) >= 11 is 0. The highest BCUT2D eigenvalue weighted by atomic mass is 19.3. The number of carbonyl (C=O) groups is 1. The van der Waals surface area contributed by atoms with Gasteiger partial charge in [-0.15, -0.1) is 0 Å². The van der Waals surface area contributed by atoms with Crippen molar-refractivity contribution in [2.75, 3.05) is 0 Å². The maximum Gasteiger partial charge on any atom is 0.378 e. The van der Waals surface area contributed by atoms with Gasteiger partial charge in [-0.25, -0.2) is 9.18 Å². The van der Waals surface area contributed by atoms with Gasteiger partial charge in [0.05, 0.1) is 11.9 Å². The monoisotopic (exact) mass is 249 g/mol. The van der Waals surface area contributed by atoms with Gasteiger partial charge in [-0.05, 0) is 18.6 Å². The minimum absolute atomic E-state index is 0.578. The van der Waals surface area contributed by atoms with E-state index in [0.717, 1.165) is 12.1 Å². The molecule has 0 radical (unpaired) electrons. The number of carboxylic acid groups (broad SMARTS) is 1. The summed E-state index contributed by atoms with van der Waals surface area (Å²) in [6.07, 6.45) is 0.0544. The second kappa shape index (κ2) is 4.33. The molecule has 1 aromatic heterocycles. The summed E-state index contributed by atoms with van der Waals surface area (Å²) in [4.78, 5) is 13.8. The number of aromatic nitrogens is 1. The second-order valence-corrected chi connectivity index (χ2v) is 3.46. The maximum atomic E-state index is 13.4. The predicted molar refractivity (Wildman–Crippen MR) is 51.0 cm³/mol. The molecule has 94 valence electrons. The Kier molecular flexibility index (Phi) is 3.42. The number of halogens is 3. The Hall–Kier alpha value is -1.63. The van der Waals surface area contributed by atoms with Crippen molar-refractivity contribution in [1.29, 1.82) is 0 Å². The van der Waals surface area contributed by atoms with E-state index in [1.54, 1.807) is 0 Å². The lowest BCUT2D eigenvalue weighted by Crippen LogP contribution is -2.51. The summed E-state index contributed by atoms with van der Waals surface area (Å²) < 4.78 is 39.4. The van der Waals surface area contributed by atoms with Crippen LogP contribution in [0.3, 0.4) is 0 Å². The fourth-order valence-corrected chi connectivity index (χ4v) is 1.36. The Morgan fingerprint density at radius 2 is 2.06 bits per heavy atom. The molecule has 0 saturated carbocycles. The average Bonchev–Trinajstić information content (AvgIpc) is 2.28. The van der Waals surface area contributed by atoms with E-state index >= 15 is 0 Å². The van der Waals surface area contributed by atoms with Crippen molar-refractivity contribution in [3.05, 3.63) is 29.8 Å². The number of aliphatic hydroxyl groups is 1. The van der Waals surface area contributed by atoms with E-state index in [4.69, 9.17) is 5.11 Å². The molecule has 1 atom stereocenters. The quantitative estimate of drug-likeness (QED) is 0.849. The van der Waals surface area contributed by atoms with Crippen LogP contribution in [0.4, 0.5) is 13.2 Å². The third-order valence-electron chi connectivity index (χ3n) is 2.45. The summed E-state index contributed by atoms with van der Waals surface area (Å²) in [6, 6.07) is 1.65. The highest BCUT2D eigenvalue weighted by Crippen LogP contribution is 2.39. The van der Waals surface area contributed by atoms with Crippen LogP contribution >= 0.6 is 0 Å². The third kappa shape index (κ3) is 2.10. The zero-order valence-corrected chi connectivity index (χ0v) is 8.82. The SMILES string of the molecule is CCC(O)(c1ccc(F)cn1)C(F)(F)C(=O)O. The Bertz CT molecular complexity index is 421. The Morgan fingerprint density at radius 3 is 2.41 bits per heavy atom. The Balaban J connectivity index is 3.30. The van der Waals surface area contributed by atoms with E-state index in [1.165, 1.54) is 6.92 Å². The van der Waals surface area contributed by atoms with Crippen molar-refractivity contribution >= 4 is 5.97 Å². The summed E-state index contributed by atoms with van der Waals surface area (Å²) in [5, 5.41) is 18.2. The lowest BCUT2D eigenvalue weighted by molar-refractivity contribution is -0.214. The fraction of sp³-hybridized carbons (Fsp3) is 0.400. The molecule has 1 aromatic rings. The first-order chi connectivity index (χ1) is 7.75. The zero-order valence-electron chi connectivity index (χ0n) is 8.82. The topological polar surface area (TPSA) is 70.4 Å². The highest BCUT2D eigenvalue weighted by molar-refractivity contribution is 5.77. The zero-order chi connectivity index (χ0) is 13.3. The van der Waals surface area contributed by atoms with E-state index in [-0.39, 0.29) is 0 Å². The highest BCUT2D eigenvalue weighted by Gasteiger charge is 2.59. The Morgan fingerprint density at radius 1 is 1.47 bits per heavy atom. The molecule has 2 N–H and O–H groups in total. The summed E-state index contributed by atoms with van der Waals surface area (Å²) in [7, 11) is 0. The van der Waals surface area contributed by atoms with Gasteiger partial charge in [-0.3, -0.25) is 4.98 Å². The van der Waals surface area contributed by atoms with Gasteiger partial charge >= 0.3 is 11.9 Å². The maximum absolute atomic E-state index is 13.4. The van der Waals surface area contributed by atoms with Crippen LogP contribution in [-0.2, 0) is 10.4 Å². The summed E-state index contributed by atoms with van der Waals surface area (Å²) in [6.45, 7) is 1.18. The van der Waals surface area contributed by atoms with E-state index in [9.17, 15) is 23.1 Å². The molecule has 1 rings (SSSR count). The number of alkyl halides is 2. The first kappa shape index (κ1) is 13.4. The van der Waals surface area contributed by atoms with Crippen LogP contribution in [0.25, 0.3) is 0 Å². The van der Waals surface area contributed by atoms with Crippen LogP contribution in [0.15, 0.2) is 18.3 Å². The molecule has 7 heteroatoms. The molecule has 0 spiro atoms. The first-order valence-corrected chi connectivity index (χ1v) is 4.71. The van der Waals surface area contributed by atoms with Crippen molar-refractivity contribution in [3.8, 4) is 0 Å². The van der Waals surface area contributed by atoms with Gasteiger partial charge in [0, 0.05) is 0 Å². The van der Waals surface area contributed by atoms with E-state index in [0.29, 0.717) is 6.20 Å². The van der Waals surface area contributed by atoms with Crippen LogP contribution in [0.2, 0.25) is 0 Å². The number of carboxylic acids is 1. The fourth-order valence-electron chi connectivity index (χ4n) is 1.36. The van der Waals surface area contributed by atoms with Crippen molar-refractivity contribution in [2.45, 2.75) is 24.9 Å². The number of aliphatic carboxylic acids is 1. The van der Waals surface area contributed by atoms with Crippen LogP contribution in [0.1, 0.15) is 19.0 Å². The van der Waals surface area contributed by atoms with Gasteiger partial charge in [-0.1, -0.05) is 6.92 Å².